The molecule has 0 fully saturated rings. The van der Waals surface area contributed by atoms with Crippen molar-refractivity contribution in [1.29, 1.82) is 0 Å². The predicted molar refractivity (Wildman–Crippen MR) is 74.5 cm³/mol. The van der Waals surface area contributed by atoms with E-state index in [-0.39, 0.29) is 10.6 Å². The van der Waals surface area contributed by atoms with E-state index in [1.807, 2.05) is 0 Å². The van der Waals surface area contributed by atoms with Gasteiger partial charge in [0, 0.05) is 4.47 Å². The molecule has 0 unspecified atom stereocenters. The first-order valence-corrected chi connectivity index (χ1v) is 7.32. The van der Waals surface area contributed by atoms with Crippen LogP contribution in [0.25, 0.3) is 0 Å². The first kappa shape index (κ1) is 14.1. The molecule has 0 aliphatic carbocycles. The van der Waals surface area contributed by atoms with E-state index in [1.54, 1.807) is 6.07 Å². The molecular weight excluding hydrogens is 413 g/mol. The molecule has 0 atom stereocenters. The van der Waals surface area contributed by atoms with Crippen LogP contribution in [0.2, 0.25) is 5.02 Å². The fourth-order valence-corrected chi connectivity index (χ4v) is 3.43. The van der Waals surface area contributed by atoms with Crippen molar-refractivity contribution in [3.05, 3.63) is 53.6 Å². The quantitative estimate of drug-likeness (QED) is 0.471. The van der Waals surface area contributed by atoms with Gasteiger partial charge in [-0.25, -0.2) is 8.78 Å². The Morgan fingerprint density at radius 1 is 1.17 bits per heavy atom. The highest BCUT2D eigenvalue weighted by atomic mass is 79.9. The molecule has 1 aromatic heterocycles. The number of rotatable bonds is 2. The molecule has 7 heteroatoms. The SMILES string of the molecule is O=C(c1cc(Br)c(Br)s1)c1cc(F)c(Cl)cc1F. The maximum absolute atomic E-state index is 13.6. The molecule has 0 spiro atoms. The fraction of sp³-hybridized carbons (Fsp3) is 0. The number of halogens is 5. The van der Waals surface area contributed by atoms with Gasteiger partial charge < -0.3 is 0 Å². The lowest BCUT2D eigenvalue weighted by atomic mass is 10.1. The average Bonchev–Trinajstić information content (AvgIpc) is 2.63. The summed E-state index contributed by atoms with van der Waals surface area (Å²) < 4.78 is 28.2. The summed E-state index contributed by atoms with van der Waals surface area (Å²) in [6.07, 6.45) is 0. The highest BCUT2D eigenvalue weighted by Gasteiger charge is 2.19. The van der Waals surface area contributed by atoms with Crippen molar-refractivity contribution in [3.8, 4) is 0 Å². The van der Waals surface area contributed by atoms with Gasteiger partial charge in [-0.2, -0.15) is 0 Å². The zero-order valence-electron chi connectivity index (χ0n) is 8.44. The molecule has 94 valence electrons. The van der Waals surface area contributed by atoms with E-state index in [0.29, 0.717) is 13.1 Å². The van der Waals surface area contributed by atoms with Gasteiger partial charge in [-0.1, -0.05) is 11.6 Å². The topological polar surface area (TPSA) is 17.1 Å². The Morgan fingerprint density at radius 2 is 1.83 bits per heavy atom. The molecule has 0 amide bonds. The summed E-state index contributed by atoms with van der Waals surface area (Å²) in [5, 5.41) is -0.349. The van der Waals surface area contributed by atoms with Gasteiger partial charge in [0.1, 0.15) is 11.6 Å². The van der Waals surface area contributed by atoms with Crippen molar-refractivity contribution in [1.82, 2.24) is 0 Å². The average molecular weight is 416 g/mol. The second-order valence-corrected chi connectivity index (χ2v) is 6.94. The van der Waals surface area contributed by atoms with Crippen LogP contribution in [0.3, 0.4) is 0 Å². The van der Waals surface area contributed by atoms with Crippen molar-refractivity contribution in [3.63, 3.8) is 0 Å². The minimum atomic E-state index is -0.841. The summed E-state index contributed by atoms with van der Waals surface area (Å²) in [6, 6.07) is 3.15. The minimum absolute atomic E-state index is 0.300. The number of hydrogen-bond acceptors (Lipinski definition) is 2. The van der Waals surface area contributed by atoms with Gasteiger partial charge in [0.2, 0.25) is 5.78 Å². The summed E-state index contributed by atoms with van der Waals surface area (Å²) in [4.78, 5) is 12.3. The first-order chi connectivity index (χ1) is 8.40. The van der Waals surface area contributed by atoms with E-state index in [4.69, 9.17) is 11.6 Å². The Kier molecular flexibility index (Phi) is 4.21. The number of thiophene rings is 1. The van der Waals surface area contributed by atoms with Gasteiger partial charge in [0.25, 0.3) is 0 Å². The molecule has 2 rings (SSSR count). The molecule has 1 heterocycles. The van der Waals surface area contributed by atoms with Gasteiger partial charge >= 0.3 is 0 Å². The molecule has 0 bridgehead atoms. The minimum Gasteiger partial charge on any atom is -0.288 e. The lowest BCUT2D eigenvalue weighted by Crippen LogP contribution is -2.03. The second-order valence-electron chi connectivity index (χ2n) is 3.31. The third-order valence-corrected chi connectivity index (χ3v) is 5.67. The van der Waals surface area contributed by atoms with Crippen LogP contribution in [0, 0.1) is 11.6 Å². The molecule has 0 saturated heterocycles. The standard InChI is InChI=1S/C11H3Br2ClF2OS/c12-5-2-9(18-11(5)13)10(17)4-1-8(16)6(14)3-7(4)15/h1-3H. The second kappa shape index (κ2) is 5.36. The zero-order chi connectivity index (χ0) is 13.4. The Labute approximate surface area is 127 Å². The van der Waals surface area contributed by atoms with E-state index >= 15 is 0 Å². The van der Waals surface area contributed by atoms with E-state index in [9.17, 15) is 13.6 Å². The number of carbonyl (C=O) groups is 1. The Bertz CT molecular complexity index is 623. The lowest BCUT2D eigenvalue weighted by molar-refractivity contribution is 0.103. The highest BCUT2D eigenvalue weighted by Crippen LogP contribution is 2.34. The lowest BCUT2D eigenvalue weighted by Gasteiger charge is -2.02. The van der Waals surface area contributed by atoms with E-state index < -0.39 is 17.4 Å². The van der Waals surface area contributed by atoms with Crippen LogP contribution in [0.4, 0.5) is 8.78 Å². The van der Waals surface area contributed by atoms with Crippen LogP contribution in [0.15, 0.2) is 26.5 Å². The third-order valence-electron chi connectivity index (χ3n) is 2.12. The van der Waals surface area contributed by atoms with Crippen molar-refractivity contribution >= 4 is 60.6 Å². The molecule has 0 radical (unpaired) electrons. The van der Waals surface area contributed by atoms with Crippen LogP contribution in [0.1, 0.15) is 15.2 Å². The van der Waals surface area contributed by atoms with Gasteiger partial charge in [0.05, 0.1) is 19.2 Å². The molecule has 1 aromatic carbocycles. The van der Waals surface area contributed by atoms with Crippen LogP contribution < -0.4 is 0 Å². The number of ketones is 1. The van der Waals surface area contributed by atoms with E-state index in [1.165, 1.54) is 0 Å². The maximum atomic E-state index is 13.6. The molecule has 18 heavy (non-hydrogen) atoms. The smallest absolute Gasteiger partial charge is 0.206 e. The molecule has 0 aliphatic rings. The Balaban J connectivity index is 2.49. The van der Waals surface area contributed by atoms with Crippen molar-refractivity contribution in [2.24, 2.45) is 0 Å². The van der Waals surface area contributed by atoms with Crippen molar-refractivity contribution in [2.75, 3.05) is 0 Å². The van der Waals surface area contributed by atoms with E-state index in [2.05, 4.69) is 31.9 Å². The Morgan fingerprint density at radius 3 is 2.39 bits per heavy atom. The normalized spacial score (nSPS) is 10.7. The van der Waals surface area contributed by atoms with E-state index in [0.717, 1.165) is 23.5 Å². The first-order valence-electron chi connectivity index (χ1n) is 4.54. The van der Waals surface area contributed by atoms with Crippen molar-refractivity contribution in [2.45, 2.75) is 0 Å². The Hall–Kier alpha value is -0.300. The fourth-order valence-electron chi connectivity index (χ4n) is 1.29. The summed E-state index contributed by atoms with van der Waals surface area (Å²) in [6.45, 7) is 0. The number of hydrogen-bond donors (Lipinski definition) is 0. The predicted octanol–water partition coefficient (Wildman–Crippen LogP) is 5.44. The van der Waals surface area contributed by atoms with Crippen LogP contribution in [0.5, 0.6) is 0 Å². The molecule has 0 aliphatic heterocycles. The number of carbonyl (C=O) groups excluding carboxylic acids is 1. The summed E-state index contributed by atoms with van der Waals surface area (Å²) in [7, 11) is 0. The van der Waals surface area contributed by atoms with Gasteiger partial charge in [-0.15, -0.1) is 11.3 Å². The molecule has 2 aromatic rings. The summed E-state index contributed by atoms with van der Waals surface area (Å²) >= 11 is 13.0. The highest BCUT2D eigenvalue weighted by molar-refractivity contribution is 9.13. The maximum Gasteiger partial charge on any atom is 0.206 e. The molecule has 0 N–H and O–H groups in total. The van der Waals surface area contributed by atoms with Crippen LogP contribution in [-0.4, -0.2) is 5.78 Å². The van der Waals surface area contributed by atoms with Crippen molar-refractivity contribution < 1.29 is 13.6 Å². The zero-order valence-corrected chi connectivity index (χ0v) is 13.2. The van der Waals surface area contributed by atoms with Gasteiger partial charge in [0.15, 0.2) is 0 Å². The monoisotopic (exact) mass is 414 g/mol. The summed E-state index contributed by atoms with van der Waals surface area (Å²) in [5.74, 6) is -2.25. The molecular formula is C11H3Br2ClF2OS. The molecule has 1 nitrogen and oxygen atoms in total. The summed E-state index contributed by atoms with van der Waals surface area (Å²) in [5.41, 5.74) is -0.335. The van der Waals surface area contributed by atoms with Crippen LogP contribution >= 0.6 is 54.8 Å². The number of benzene rings is 1. The third kappa shape index (κ3) is 2.66. The largest absolute Gasteiger partial charge is 0.288 e. The molecule has 0 saturated carbocycles. The van der Waals surface area contributed by atoms with Crippen LogP contribution in [-0.2, 0) is 0 Å². The van der Waals surface area contributed by atoms with Gasteiger partial charge in [-0.3, -0.25) is 4.79 Å². The van der Waals surface area contributed by atoms with Gasteiger partial charge in [-0.05, 0) is 50.1 Å².